The SMILES string of the molecule is NC1CC(O)(C2CCN(Cc3cccc4c3CN(C3CCC(=O)NC3=O)C4=O)CC2)C1. The van der Waals surface area contributed by atoms with Crippen LogP contribution in [0.2, 0.25) is 0 Å². The van der Waals surface area contributed by atoms with Crippen LogP contribution in [0.3, 0.4) is 0 Å². The number of nitrogens with zero attached hydrogens (tertiary/aromatic N) is 2. The molecule has 5 rings (SSSR count). The van der Waals surface area contributed by atoms with Gasteiger partial charge < -0.3 is 15.7 Å². The van der Waals surface area contributed by atoms with E-state index in [9.17, 15) is 19.5 Å². The summed E-state index contributed by atoms with van der Waals surface area (Å²) < 4.78 is 0. The fraction of sp³-hybridized carbons (Fsp3) is 0.609. The summed E-state index contributed by atoms with van der Waals surface area (Å²) in [7, 11) is 0. The lowest BCUT2D eigenvalue weighted by Gasteiger charge is -2.49. The van der Waals surface area contributed by atoms with Crippen LogP contribution in [-0.2, 0) is 22.7 Å². The Balaban J connectivity index is 1.25. The van der Waals surface area contributed by atoms with Crippen molar-refractivity contribution in [1.82, 2.24) is 15.1 Å². The van der Waals surface area contributed by atoms with E-state index in [0.29, 0.717) is 37.3 Å². The van der Waals surface area contributed by atoms with Gasteiger partial charge in [-0.25, -0.2) is 0 Å². The molecule has 1 aliphatic carbocycles. The molecule has 31 heavy (non-hydrogen) atoms. The molecule has 1 atom stereocenters. The van der Waals surface area contributed by atoms with E-state index >= 15 is 0 Å². The standard InChI is InChI=1S/C23H30N4O4/c24-16-10-23(31,11-16)15-6-8-26(9-7-15)12-14-2-1-3-17-18(14)13-27(22(17)30)19-4-5-20(28)25-21(19)29/h1-3,15-16,19,31H,4-13,24H2,(H,25,28,29). The fourth-order valence-corrected chi connectivity index (χ4v) is 5.85. The van der Waals surface area contributed by atoms with E-state index in [4.69, 9.17) is 5.73 Å². The van der Waals surface area contributed by atoms with Crippen LogP contribution in [0.1, 0.15) is 60.0 Å². The van der Waals surface area contributed by atoms with E-state index in [1.54, 1.807) is 4.90 Å². The highest BCUT2D eigenvalue weighted by atomic mass is 16.3. The van der Waals surface area contributed by atoms with Gasteiger partial charge in [0.15, 0.2) is 0 Å². The molecule has 0 radical (unpaired) electrons. The number of nitrogens with two attached hydrogens (primary N) is 1. The maximum atomic E-state index is 13.0. The number of nitrogens with one attached hydrogen (secondary N) is 1. The molecule has 1 unspecified atom stereocenters. The molecule has 4 N–H and O–H groups in total. The summed E-state index contributed by atoms with van der Waals surface area (Å²) in [5.74, 6) is -0.471. The lowest BCUT2D eigenvalue weighted by molar-refractivity contribution is -0.136. The van der Waals surface area contributed by atoms with Gasteiger partial charge in [0, 0.05) is 31.1 Å². The summed E-state index contributed by atoms with van der Waals surface area (Å²) in [6.45, 7) is 2.99. The number of hydrogen-bond donors (Lipinski definition) is 3. The van der Waals surface area contributed by atoms with Crippen molar-refractivity contribution in [2.75, 3.05) is 13.1 Å². The Bertz CT molecular complexity index is 918. The van der Waals surface area contributed by atoms with Crippen molar-refractivity contribution in [3.63, 3.8) is 0 Å². The van der Waals surface area contributed by atoms with Crippen LogP contribution >= 0.6 is 0 Å². The molecule has 0 spiro atoms. The minimum Gasteiger partial charge on any atom is -0.389 e. The molecule has 3 amide bonds. The number of rotatable bonds is 4. The Hall–Kier alpha value is -2.29. The van der Waals surface area contributed by atoms with Crippen LogP contribution in [0.15, 0.2) is 18.2 Å². The molecule has 1 aromatic rings. The van der Waals surface area contributed by atoms with Gasteiger partial charge in [0.05, 0.1) is 5.60 Å². The Morgan fingerprint density at radius 3 is 2.55 bits per heavy atom. The smallest absolute Gasteiger partial charge is 0.255 e. The van der Waals surface area contributed by atoms with E-state index in [1.165, 1.54) is 0 Å². The minimum absolute atomic E-state index is 0.131. The first kappa shape index (κ1) is 20.6. The van der Waals surface area contributed by atoms with Gasteiger partial charge >= 0.3 is 0 Å². The number of aliphatic hydroxyl groups is 1. The van der Waals surface area contributed by atoms with Crippen molar-refractivity contribution in [1.29, 1.82) is 0 Å². The molecule has 0 aromatic heterocycles. The zero-order valence-corrected chi connectivity index (χ0v) is 17.7. The molecular formula is C23H30N4O4. The van der Waals surface area contributed by atoms with Crippen molar-refractivity contribution >= 4 is 17.7 Å². The average molecular weight is 427 g/mol. The van der Waals surface area contributed by atoms with E-state index in [2.05, 4.69) is 16.3 Å². The summed E-state index contributed by atoms with van der Waals surface area (Å²) in [4.78, 5) is 40.7. The number of piperidine rings is 2. The van der Waals surface area contributed by atoms with Gasteiger partial charge in [-0.05, 0) is 68.3 Å². The van der Waals surface area contributed by atoms with Gasteiger partial charge in [-0.3, -0.25) is 24.6 Å². The van der Waals surface area contributed by atoms with E-state index < -0.39 is 11.6 Å². The number of benzene rings is 1. The molecule has 3 heterocycles. The van der Waals surface area contributed by atoms with E-state index in [0.717, 1.165) is 43.6 Å². The topological polar surface area (TPSA) is 116 Å². The third-order valence-corrected chi connectivity index (χ3v) is 7.65. The van der Waals surface area contributed by atoms with Crippen LogP contribution in [-0.4, -0.2) is 63.4 Å². The van der Waals surface area contributed by atoms with Gasteiger partial charge in [-0.15, -0.1) is 0 Å². The molecular weight excluding hydrogens is 396 g/mol. The van der Waals surface area contributed by atoms with Crippen LogP contribution < -0.4 is 11.1 Å². The van der Waals surface area contributed by atoms with E-state index in [-0.39, 0.29) is 30.2 Å². The first-order valence-corrected chi connectivity index (χ1v) is 11.3. The lowest BCUT2D eigenvalue weighted by Crippen LogP contribution is -2.57. The molecule has 2 saturated heterocycles. The quantitative estimate of drug-likeness (QED) is 0.605. The zero-order valence-electron chi connectivity index (χ0n) is 17.7. The average Bonchev–Trinajstić information content (AvgIpc) is 3.05. The molecule has 166 valence electrons. The predicted molar refractivity (Wildman–Crippen MR) is 113 cm³/mol. The van der Waals surface area contributed by atoms with Gasteiger partial charge in [-0.2, -0.15) is 0 Å². The number of likely N-dealkylation sites (tertiary alicyclic amines) is 1. The number of carbonyl (C=O) groups excluding carboxylic acids is 3. The van der Waals surface area contributed by atoms with Crippen molar-refractivity contribution in [3.05, 3.63) is 34.9 Å². The van der Waals surface area contributed by atoms with Crippen LogP contribution in [0.5, 0.6) is 0 Å². The summed E-state index contributed by atoms with van der Waals surface area (Å²) >= 11 is 0. The summed E-state index contributed by atoms with van der Waals surface area (Å²) in [5, 5.41) is 13.1. The summed E-state index contributed by atoms with van der Waals surface area (Å²) in [5.41, 5.74) is 8.08. The summed E-state index contributed by atoms with van der Waals surface area (Å²) in [6.07, 6.45) is 3.97. The second-order valence-electron chi connectivity index (χ2n) is 9.67. The predicted octanol–water partition coefficient (Wildman–Crippen LogP) is 0.512. The van der Waals surface area contributed by atoms with Crippen LogP contribution in [0.25, 0.3) is 0 Å². The highest BCUT2D eigenvalue weighted by Crippen LogP contribution is 2.42. The Labute approximate surface area is 181 Å². The van der Waals surface area contributed by atoms with Gasteiger partial charge in [0.25, 0.3) is 5.91 Å². The maximum absolute atomic E-state index is 13.0. The van der Waals surface area contributed by atoms with Crippen molar-refractivity contribution in [2.45, 2.75) is 69.3 Å². The van der Waals surface area contributed by atoms with Crippen molar-refractivity contribution in [2.24, 2.45) is 11.7 Å². The molecule has 3 aliphatic heterocycles. The van der Waals surface area contributed by atoms with E-state index in [1.807, 2.05) is 12.1 Å². The first-order valence-electron chi connectivity index (χ1n) is 11.3. The van der Waals surface area contributed by atoms with Gasteiger partial charge in [0.1, 0.15) is 6.04 Å². The molecule has 4 aliphatic rings. The van der Waals surface area contributed by atoms with Gasteiger partial charge in [-0.1, -0.05) is 12.1 Å². The maximum Gasteiger partial charge on any atom is 0.255 e. The number of hydrogen-bond acceptors (Lipinski definition) is 6. The number of carbonyl (C=O) groups is 3. The molecule has 1 aromatic carbocycles. The summed E-state index contributed by atoms with van der Waals surface area (Å²) in [6, 6.07) is 5.35. The zero-order chi connectivity index (χ0) is 21.8. The lowest BCUT2D eigenvalue weighted by atomic mass is 9.65. The normalized spacial score (nSPS) is 32.1. The molecule has 8 heteroatoms. The second-order valence-corrected chi connectivity index (χ2v) is 9.67. The first-order chi connectivity index (χ1) is 14.8. The number of imide groups is 1. The second kappa shape index (κ2) is 7.69. The monoisotopic (exact) mass is 426 g/mol. The third kappa shape index (κ3) is 3.66. The largest absolute Gasteiger partial charge is 0.389 e. The molecule has 1 saturated carbocycles. The highest BCUT2D eigenvalue weighted by molar-refractivity contribution is 6.05. The highest BCUT2D eigenvalue weighted by Gasteiger charge is 2.47. The molecule has 8 nitrogen and oxygen atoms in total. The van der Waals surface area contributed by atoms with Crippen LogP contribution in [0.4, 0.5) is 0 Å². The van der Waals surface area contributed by atoms with Crippen molar-refractivity contribution in [3.8, 4) is 0 Å². The fourth-order valence-electron chi connectivity index (χ4n) is 5.85. The van der Waals surface area contributed by atoms with Crippen LogP contribution in [0, 0.1) is 5.92 Å². The Morgan fingerprint density at radius 1 is 1.13 bits per heavy atom. The van der Waals surface area contributed by atoms with Gasteiger partial charge in [0.2, 0.25) is 11.8 Å². The molecule has 3 fully saturated rings. The minimum atomic E-state index is -0.587. The third-order valence-electron chi connectivity index (χ3n) is 7.65. The number of amides is 3. The Morgan fingerprint density at radius 2 is 1.87 bits per heavy atom. The number of fused-ring (bicyclic) bond motifs is 1. The van der Waals surface area contributed by atoms with Crippen molar-refractivity contribution < 1.29 is 19.5 Å². The molecule has 0 bridgehead atoms. The Kier molecular flexibility index (Phi) is 5.11.